The zero-order valence-corrected chi connectivity index (χ0v) is 17.0. The molecule has 0 aliphatic carbocycles. The first-order chi connectivity index (χ1) is 14.1. The predicted molar refractivity (Wildman–Crippen MR) is 112 cm³/mol. The number of ether oxygens (including phenoxy) is 1. The summed E-state index contributed by atoms with van der Waals surface area (Å²) in [5.41, 5.74) is 3.50. The summed E-state index contributed by atoms with van der Waals surface area (Å²) >= 11 is 1.02. The van der Waals surface area contributed by atoms with Crippen LogP contribution >= 0.6 is 11.8 Å². The number of carbonyl (C=O) groups is 3. The lowest BCUT2D eigenvalue weighted by atomic mass is 10.1. The highest BCUT2D eigenvalue weighted by Crippen LogP contribution is 2.21. The van der Waals surface area contributed by atoms with Crippen LogP contribution in [-0.4, -0.2) is 34.4 Å². The van der Waals surface area contributed by atoms with Crippen LogP contribution in [0.5, 0.6) is 0 Å². The molecule has 2 aromatic carbocycles. The molecule has 2 N–H and O–H groups in total. The maximum Gasteiger partial charge on any atom is 0.319 e. The van der Waals surface area contributed by atoms with Gasteiger partial charge in [-0.1, -0.05) is 48.2 Å². The van der Waals surface area contributed by atoms with Crippen LogP contribution in [0.2, 0.25) is 0 Å². The van der Waals surface area contributed by atoms with Crippen molar-refractivity contribution in [1.82, 2.24) is 10.2 Å². The molecule has 1 heterocycles. The molecule has 8 heteroatoms. The summed E-state index contributed by atoms with van der Waals surface area (Å²) in [6.07, 6.45) is 0. The number of nitrogens with zero attached hydrogens (tertiary/aromatic N) is 1. The van der Waals surface area contributed by atoms with Gasteiger partial charge in [0.25, 0.3) is 5.24 Å². The average Bonchev–Trinajstić information content (AvgIpc) is 3.04. The maximum atomic E-state index is 12.2. The van der Waals surface area contributed by atoms with Crippen LogP contribution in [-0.2, 0) is 29.2 Å². The molecule has 0 saturated carbocycles. The van der Waals surface area contributed by atoms with Gasteiger partial charge in [0, 0.05) is 18.8 Å². The second-order valence-electron chi connectivity index (χ2n) is 6.44. The zero-order chi connectivity index (χ0) is 20.6. The number of nitrogens with one attached hydrogen (secondary N) is 2. The number of anilines is 1. The lowest BCUT2D eigenvalue weighted by Crippen LogP contribution is -2.29. The van der Waals surface area contributed by atoms with Crippen LogP contribution in [0, 0.1) is 0 Å². The summed E-state index contributed by atoms with van der Waals surface area (Å²) in [5, 5.41) is 5.40. The lowest BCUT2D eigenvalue weighted by molar-refractivity contribution is -0.125. The highest BCUT2D eigenvalue weighted by atomic mass is 32.2. The van der Waals surface area contributed by atoms with Gasteiger partial charge in [-0.2, -0.15) is 0 Å². The molecule has 152 valence electrons. The van der Waals surface area contributed by atoms with E-state index in [9.17, 15) is 14.4 Å². The first-order valence-corrected chi connectivity index (χ1v) is 10.3. The Morgan fingerprint density at radius 2 is 1.83 bits per heavy atom. The van der Waals surface area contributed by atoms with Crippen LogP contribution in [0.1, 0.15) is 23.6 Å². The number of amides is 4. The fraction of sp³-hybridized carbons (Fsp3) is 0.286. The zero-order valence-electron chi connectivity index (χ0n) is 16.1. The van der Waals surface area contributed by atoms with Gasteiger partial charge in [-0.25, -0.2) is 4.79 Å². The van der Waals surface area contributed by atoms with E-state index in [-0.39, 0.29) is 29.5 Å². The molecule has 0 aromatic heterocycles. The van der Waals surface area contributed by atoms with Crippen molar-refractivity contribution < 1.29 is 19.1 Å². The molecule has 7 nitrogen and oxygen atoms in total. The van der Waals surface area contributed by atoms with E-state index in [4.69, 9.17) is 4.74 Å². The highest BCUT2D eigenvalue weighted by molar-refractivity contribution is 8.14. The van der Waals surface area contributed by atoms with Crippen molar-refractivity contribution in [2.24, 2.45) is 0 Å². The molecule has 1 aliphatic heterocycles. The average molecular weight is 413 g/mol. The summed E-state index contributed by atoms with van der Waals surface area (Å²) in [5.74, 6) is 0.0259. The van der Waals surface area contributed by atoms with Crippen LogP contribution in [0.3, 0.4) is 0 Å². The lowest BCUT2D eigenvalue weighted by Gasteiger charge is -2.14. The van der Waals surface area contributed by atoms with Crippen molar-refractivity contribution >= 4 is 34.6 Å². The number of carbonyl (C=O) groups excluding carboxylic acids is 3. The molecule has 1 saturated heterocycles. The standard InChI is InChI=1S/C21H23N3O4S/c1-2-28-13-17-6-4-3-5-16(17)11-22-20(26)23-18-9-7-15(8-10-18)12-24-19(25)14-29-21(24)27/h3-10H,2,11-14H2,1H3,(H2,22,23,26). The Morgan fingerprint density at radius 1 is 1.10 bits per heavy atom. The molecule has 0 unspecified atom stereocenters. The fourth-order valence-electron chi connectivity index (χ4n) is 2.84. The van der Waals surface area contributed by atoms with E-state index in [1.165, 1.54) is 4.90 Å². The van der Waals surface area contributed by atoms with E-state index >= 15 is 0 Å². The molecular weight excluding hydrogens is 390 g/mol. The maximum absolute atomic E-state index is 12.2. The molecule has 0 bridgehead atoms. The van der Waals surface area contributed by atoms with Gasteiger partial charge in [-0.3, -0.25) is 14.5 Å². The van der Waals surface area contributed by atoms with Crippen LogP contribution in [0.15, 0.2) is 48.5 Å². The third-order valence-electron chi connectivity index (χ3n) is 4.41. The SMILES string of the molecule is CCOCc1ccccc1CNC(=O)Nc1ccc(CN2C(=O)CSC2=O)cc1. The van der Waals surface area contributed by atoms with Gasteiger partial charge in [0.1, 0.15) is 0 Å². The first-order valence-electron chi connectivity index (χ1n) is 9.32. The van der Waals surface area contributed by atoms with Gasteiger partial charge in [0.05, 0.1) is 18.9 Å². The number of imide groups is 1. The Labute approximate surface area is 173 Å². The van der Waals surface area contributed by atoms with Crippen LogP contribution in [0.4, 0.5) is 15.3 Å². The van der Waals surface area contributed by atoms with E-state index < -0.39 is 0 Å². The summed E-state index contributed by atoms with van der Waals surface area (Å²) in [6.45, 7) is 3.73. The number of hydrogen-bond acceptors (Lipinski definition) is 5. The summed E-state index contributed by atoms with van der Waals surface area (Å²) in [4.78, 5) is 36.8. The molecule has 0 radical (unpaired) electrons. The van der Waals surface area contributed by atoms with Crippen molar-refractivity contribution in [3.8, 4) is 0 Å². The number of hydrogen-bond donors (Lipinski definition) is 2. The second-order valence-corrected chi connectivity index (χ2v) is 7.37. The molecule has 4 amide bonds. The van der Waals surface area contributed by atoms with Crippen molar-refractivity contribution in [2.45, 2.75) is 26.6 Å². The van der Waals surface area contributed by atoms with Crippen molar-refractivity contribution in [1.29, 1.82) is 0 Å². The first kappa shape index (κ1) is 20.9. The molecular formula is C21H23N3O4S. The minimum absolute atomic E-state index is 0.175. The Hall–Kier alpha value is -2.84. The second kappa shape index (κ2) is 10.1. The van der Waals surface area contributed by atoms with E-state index in [1.54, 1.807) is 24.3 Å². The Bertz CT molecular complexity index is 870. The number of benzene rings is 2. The molecule has 1 fully saturated rings. The largest absolute Gasteiger partial charge is 0.377 e. The minimum atomic E-state index is -0.315. The van der Waals surface area contributed by atoms with E-state index in [1.807, 2.05) is 31.2 Å². The molecule has 29 heavy (non-hydrogen) atoms. The third-order valence-corrected chi connectivity index (χ3v) is 5.27. The van der Waals surface area contributed by atoms with Gasteiger partial charge >= 0.3 is 6.03 Å². The fourth-order valence-corrected chi connectivity index (χ4v) is 3.57. The van der Waals surface area contributed by atoms with Crippen molar-refractivity contribution in [2.75, 3.05) is 17.7 Å². The topological polar surface area (TPSA) is 87.7 Å². The quantitative estimate of drug-likeness (QED) is 0.688. The predicted octanol–water partition coefficient (Wildman–Crippen LogP) is 3.74. The smallest absolute Gasteiger partial charge is 0.319 e. The van der Waals surface area contributed by atoms with Crippen LogP contribution in [0.25, 0.3) is 0 Å². The van der Waals surface area contributed by atoms with Crippen LogP contribution < -0.4 is 10.6 Å². The Morgan fingerprint density at radius 3 is 2.48 bits per heavy atom. The highest BCUT2D eigenvalue weighted by Gasteiger charge is 2.29. The van der Waals surface area contributed by atoms with Gasteiger partial charge in [0.2, 0.25) is 5.91 Å². The number of urea groups is 1. The molecule has 2 aromatic rings. The van der Waals surface area contributed by atoms with Gasteiger partial charge < -0.3 is 15.4 Å². The van der Waals surface area contributed by atoms with Gasteiger partial charge in [-0.05, 0) is 35.7 Å². The molecule has 0 spiro atoms. The Balaban J connectivity index is 1.51. The molecule has 0 atom stereocenters. The van der Waals surface area contributed by atoms with E-state index in [0.717, 1.165) is 28.5 Å². The minimum Gasteiger partial charge on any atom is -0.377 e. The van der Waals surface area contributed by atoms with E-state index in [2.05, 4.69) is 10.6 Å². The van der Waals surface area contributed by atoms with E-state index in [0.29, 0.717) is 25.4 Å². The third kappa shape index (κ3) is 5.82. The summed E-state index contributed by atoms with van der Waals surface area (Å²) < 4.78 is 5.46. The van der Waals surface area contributed by atoms with Crippen molar-refractivity contribution in [3.63, 3.8) is 0 Å². The van der Waals surface area contributed by atoms with Gasteiger partial charge in [-0.15, -0.1) is 0 Å². The van der Waals surface area contributed by atoms with Crippen molar-refractivity contribution in [3.05, 3.63) is 65.2 Å². The molecule has 3 rings (SSSR count). The summed E-state index contributed by atoms with van der Waals surface area (Å²) in [6, 6.07) is 14.6. The number of rotatable bonds is 8. The monoisotopic (exact) mass is 413 g/mol. The summed E-state index contributed by atoms with van der Waals surface area (Å²) in [7, 11) is 0. The number of thioether (sulfide) groups is 1. The normalized spacial score (nSPS) is 13.6. The Kier molecular flexibility index (Phi) is 7.26. The molecule has 1 aliphatic rings. The van der Waals surface area contributed by atoms with Gasteiger partial charge in [0.15, 0.2) is 0 Å².